The van der Waals surface area contributed by atoms with Gasteiger partial charge in [-0.2, -0.15) is 0 Å². The van der Waals surface area contributed by atoms with E-state index in [1.54, 1.807) is 0 Å². The first kappa shape index (κ1) is 10.5. The van der Waals surface area contributed by atoms with Crippen molar-refractivity contribution in [2.75, 3.05) is 13.2 Å². The highest BCUT2D eigenvalue weighted by molar-refractivity contribution is 9.09. The Hall–Kier alpha value is -0.540. The maximum Gasteiger partial charge on any atom is 0.119 e. The van der Waals surface area contributed by atoms with E-state index in [4.69, 9.17) is 9.84 Å². The van der Waals surface area contributed by atoms with Crippen LogP contribution in [0.5, 0.6) is 5.75 Å². The van der Waals surface area contributed by atoms with E-state index in [-0.39, 0.29) is 11.4 Å². The third-order valence-electron chi connectivity index (χ3n) is 1.65. The lowest BCUT2D eigenvalue weighted by Gasteiger charge is -2.08. The van der Waals surface area contributed by atoms with Gasteiger partial charge in [-0.3, -0.25) is 0 Å². The Labute approximate surface area is 86.7 Å². The van der Waals surface area contributed by atoms with Crippen LogP contribution >= 0.6 is 15.9 Å². The monoisotopic (exact) mass is 244 g/mol. The second-order valence-corrected chi connectivity index (χ2v) is 4.20. The van der Waals surface area contributed by atoms with Crippen LogP contribution in [-0.4, -0.2) is 23.1 Å². The first-order valence-electron chi connectivity index (χ1n) is 4.17. The normalized spacial score (nSPS) is 12.5. The van der Waals surface area contributed by atoms with Crippen molar-refractivity contribution in [1.29, 1.82) is 0 Å². The van der Waals surface area contributed by atoms with Crippen LogP contribution in [0.4, 0.5) is 0 Å². The molecule has 1 aromatic rings. The summed E-state index contributed by atoms with van der Waals surface area (Å²) >= 11 is 3.27. The van der Waals surface area contributed by atoms with Gasteiger partial charge in [0.05, 0.1) is 11.4 Å². The van der Waals surface area contributed by atoms with Gasteiger partial charge in [0, 0.05) is 0 Å². The van der Waals surface area contributed by atoms with Gasteiger partial charge >= 0.3 is 0 Å². The average Bonchev–Trinajstić information content (AvgIpc) is 2.16. The van der Waals surface area contributed by atoms with Crippen molar-refractivity contribution in [2.45, 2.75) is 11.8 Å². The van der Waals surface area contributed by atoms with Crippen molar-refractivity contribution in [1.82, 2.24) is 0 Å². The van der Waals surface area contributed by atoms with Crippen LogP contribution < -0.4 is 4.74 Å². The van der Waals surface area contributed by atoms with Crippen LogP contribution in [-0.2, 0) is 0 Å². The Bertz CT molecular complexity index is 246. The highest BCUT2D eigenvalue weighted by Gasteiger charge is 2.02. The zero-order chi connectivity index (χ0) is 9.68. The predicted octanol–water partition coefficient (Wildman–Crippen LogP) is 2.13. The van der Waals surface area contributed by atoms with Gasteiger partial charge in [0.15, 0.2) is 0 Å². The van der Waals surface area contributed by atoms with Crippen molar-refractivity contribution >= 4 is 15.9 Å². The maximum atomic E-state index is 8.73. The predicted molar refractivity (Wildman–Crippen MR) is 56.5 cm³/mol. The van der Waals surface area contributed by atoms with E-state index in [2.05, 4.69) is 15.9 Å². The molecule has 1 aromatic carbocycles. The first-order chi connectivity index (χ1) is 6.22. The van der Waals surface area contributed by atoms with E-state index in [0.717, 1.165) is 5.75 Å². The summed E-state index contributed by atoms with van der Waals surface area (Å²) in [5, 5.41) is 8.73. The van der Waals surface area contributed by atoms with Gasteiger partial charge in [-0.1, -0.05) is 33.6 Å². The lowest BCUT2D eigenvalue weighted by molar-refractivity contribution is 0.243. The molecule has 1 N–H and O–H groups in total. The molecule has 1 atom stereocenters. The lowest BCUT2D eigenvalue weighted by Crippen LogP contribution is -2.14. The molecule has 0 spiro atoms. The van der Waals surface area contributed by atoms with Crippen molar-refractivity contribution in [2.24, 2.45) is 0 Å². The van der Waals surface area contributed by atoms with Crippen molar-refractivity contribution in [3.8, 4) is 5.75 Å². The average molecular weight is 245 g/mol. The summed E-state index contributed by atoms with van der Waals surface area (Å²) < 4.78 is 5.41. The summed E-state index contributed by atoms with van der Waals surface area (Å²) in [4.78, 5) is 0.00815. The molecular weight excluding hydrogens is 232 g/mol. The summed E-state index contributed by atoms with van der Waals surface area (Å²) in [5.74, 6) is 0.837. The fourth-order valence-electron chi connectivity index (χ4n) is 0.874. The number of ether oxygens (including phenoxy) is 1. The molecule has 72 valence electrons. The van der Waals surface area contributed by atoms with Crippen molar-refractivity contribution < 1.29 is 9.84 Å². The molecule has 0 aliphatic rings. The summed E-state index contributed by atoms with van der Waals surface area (Å²) in [6.45, 7) is 2.61. The summed E-state index contributed by atoms with van der Waals surface area (Å²) in [7, 11) is 0. The second kappa shape index (κ2) is 5.25. The van der Waals surface area contributed by atoms with E-state index in [1.807, 2.05) is 31.2 Å². The summed E-state index contributed by atoms with van der Waals surface area (Å²) in [6.07, 6.45) is 0. The topological polar surface area (TPSA) is 29.5 Å². The molecule has 0 amide bonds. The fraction of sp³-hybridized carbons (Fsp3) is 0.400. The number of aryl methyl sites for hydroxylation is 1. The minimum atomic E-state index is 0.00815. The molecule has 0 bridgehead atoms. The SMILES string of the molecule is Cc1ccc(OCC(Br)CO)cc1. The molecule has 0 heterocycles. The Morgan fingerprint density at radius 3 is 2.54 bits per heavy atom. The van der Waals surface area contributed by atoms with Crippen LogP contribution in [0.1, 0.15) is 5.56 Å². The minimum absolute atomic E-state index is 0.00815. The third-order valence-corrected chi connectivity index (χ3v) is 2.20. The molecule has 0 radical (unpaired) electrons. The smallest absolute Gasteiger partial charge is 0.119 e. The number of benzene rings is 1. The quantitative estimate of drug-likeness (QED) is 0.823. The van der Waals surface area contributed by atoms with E-state index < -0.39 is 0 Å². The number of aliphatic hydroxyl groups is 1. The van der Waals surface area contributed by atoms with Crippen LogP contribution in [0.2, 0.25) is 0 Å². The van der Waals surface area contributed by atoms with Gasteiger partial charge < -0.3 is 9.84 Å². The molecule has 3 heteroatoms. The maximum absolute atomic E-state index is 8.73. The van der Waals surface area contributed by atoms with Crippen LogP contribution in [0.25, 0.3) is 0 Å². The molecule has 1 rings (SSSR count). The fourth-order valence-corrected chi connectivity index (χ4v) is 1.01. The van der Waals surface area contributed by atoms with Crippen LogP contribution in [0.15, 0.2) is 24.3 Å². The molecular formula is C10H13BrO2. The Morgan fingerprint density at radius 2 is 2.00 bits per heavy atom. The molecule has 13 heavy (non-hydrogen) atoms. The van der Waals surface area contributed by atoms with Gasteiger partial charge in [-0.05, 0) is 19.1 Å². The van der Waals surface area contributed by atoms with E-state index in [9.17, 15) is 0 Å². The lowest BCUT2D eigenvalue weighted by atomic mass is 10.2. The molecule has 0 fully saturated rings. The Balaban J connectivity index is 2.41. The number of halogens is 1. The number of aliphatic hydroxyl groups excluding tert-OH is 1. The highest BCUT2D eigenvalue weighted by Crippen LogP contribution is 2.12. The van der Waals surface area contributed by atoms with Gasteiger partial charge in [-0.15, -0.1) is 0 Å². The van der Waals surface area contributed by atoms with Gasteiger partial charge in [0.25, 0.3) is 0 Å². The standard InChI is InChI=1S/C10H13BrO2/c1-8-2-4-10(5-3-8)13-7-9(11)6-12/h2-5,9,12H,6-7H2,1H3. The van der Waals surface area contributed by atoms with Crippen LogP contribution in [0.3, 0.4) is 0 Å². The molecule has 2 nitrogen and oxygen atoms in total. The molecule has 0 aromatic heterocycles. The van der Waals surface area contributed by atoms with E-state index in [1.165, 1.54) is 5.56 Å². The largest absolute Gasteiger partial charge is 0.492 e. The van der Waals surface area contributed by atoms with Crippen LogP contribution in [0, 0.1) is 6.92 Å². The number of hydrogen-bond donors (Lipinski definition) is 1. The van der Waals surface area contributed by atoms with Gasteiger partial charge in [0.2, 0.25) is 0 Å². The minimum Gasteiger partial charge on any atom is -0.492 e. The van der Waals surface area contributed by atoms with E-state index in [0.29, 0.717) is 6.61 Å². The summed E-state index contributed by atoms with van der Waals surface area (Å²) in [6, 6.07) is 7.84. The van der Waals surface area contributed by atoms with Crippen molar-refractivity contribution in [3.05, 3.63) is 29.8 Å². The molecule has 0 saturated heterocycles. The van der Waals surface area contributed by atoms with Crippen molar-refractivity contribution in [3.63, 3.8) is 0 Å². The molecule has 0 saturated carbocycles. The number of rotatable bonds is 4. The highest BCUT2D eigenvalue weighted by atomic mass is 79.9. The second-order valence-electron chi connectivity index (χ2n) is 2.90. The molecule has 0 aliphatic heterocycles. The van der Waals surface area contributed by atoms with E-state index >= 15 is 0 Å². The zero-order valence-electron chi connectivity index (χ0n) is 7.53. The number of hydrogen-bond acceptors (Lipinski definition) is 2. The molecule has 0 aliphatic carbocycles. The third kappa shape index (κ3) is 3.79. The summed E-state index contributed by atoms with van der Waals surface area (Å²) in [5.41, 5.74) is 1.21. The number of alkyl halides is 1. The Morgan fingerprint density at radius 1 is 1.38 bits per heavy atom. The first-order valence-corrected chi connectivity index (χ1v) is 5.08. The molecule has 1 unspecified atom stereocenters. The zero-order valence-corrected chi connectivity index (χ0v) is 9.12. The Kier molecular flexibility index (Phi) is 4.25. The van der Waals surface area contributed by atoms with Gasteiger partial charge in [-0.25, -0.2) is 0 Å². The van der Waals surface area contributed by atoms with Gasteiger partial charge in [0.1, 0.15) is 12.4 Å².